The molecule has 0 aromatic carbocycles. The van der Waals surface area contributed by atoms with Crippen molar-refractivity contribution in [3.63, 3.8) is 0 Å². The minimum absolute atomic E-state index is 0.00545. The number of hydrogen-bond acceptors (Lipinski definition) is 14. The summed E-state index contributed by atoms with van der Waals surface area (Å²) in [5.41, 5.74) is 0. The molecule has 0 N–H and O–H groups in total. The number of carbonyl (C=O) groups is 4. The average molecular weight is 563 g/mol. The van der Waals surface area contributed by atoms with Crippen LogP contribution in [-0.2, 0) is 66.5 Å². The van der Waals surface area contributed by atoms with E-state index in [1.54, 1.807) is 0 Å². The van der Waals surface area contributed by atoms with Gasteiger partial charge in [-0.25, -0.2) is 0 Å². The number of rotatable bonds is 19. The Morgan fingerprint density at radius 1 is 0.641 bits per heavy atom. The van der Waals surface area contributed by atoms with Gasteiger partial charge in [0.15, 0.2) is 24.6 Å². The molecule has 39 heavy (non-hydrogen) atoms. The summed E-state index contributed by atoms with van der Waals surface area (Å²) >= 11 is 0. The molecule has 1 saturated heterocycles. The number of esters is 4. The molecule has 0 spiro atoms. The van der Waals surface area contributed by atoms with Crippen molar-refractivity contribution in [3.05, 3.63) is 0 Å². The van der Waals surface area contributed by atoms with Gasteiger partial charge in [0.05, 0.1) is 52.9 Å². The molecule has 0 unspecified atom stereocenters. The average Bonchev–Trinajstić information content (AvgIpc) is 2.85. The lowest BCUT2D eigenvalue weighted by Gasteiger charge is -2.44. The molecular weight excluding hydrogens is 524 g/mol. The summed E-state index contributed by atoms with van der Waals surface area (Å²) < 4.78 is 53.8. The highest BCUT2D eigenvalue weighted by Gasteiger charge is 2.52. The Hall–Kier alpha value is -2.80. The molecule has 222 valence electrons. The lowest BCUT2D eigenvalue weighted by Crippen LogP contribution is -2.63. The van der Waals surface area contributed by atoms with Crippen molar-refractivity contribution >= 4 is 23.9 Å². The van der Waals surface area contributed by atoms with Crippen LogP contribution in [0.5, 0.6) is 0 Å². The molecule has 0 amide bonds. The van der Waals surface area contributed by atoms with Gasteiger partial charge in [-0.15, -0.1) is 6.42 Å². The van der Waals surface area contributed by atoms with Crippen molar-refractivity contribution in [1.82, 2.24) is 0 Å². The van der Waals surface area contributed by atoms with Crippen molar-refractivity contribution in [3.8, 4) is 12.3 Å². The van der Waals surface area contributed by atoms with Crippen LogP contribution in [0.4, 0.5) is 0 Å². The summed E-state index contributed by atoms with van der Waals surface area (Å²) in [5, 5.41) is 0. The molecule has 1 aliphatic rings. The second-order valence-corrected chi connectivity index (χ2v) is 8.03. The molecule has 0 aliphatic carbocycles. The van der Waals surface area contributed by atoms with Crippen LogP contribution >= 0.6 is 0 Å². The quantitative estimate of drug-likeness (QED) is 0.0880. The van der Waals surface area contributed by atoms with E-state index in [-0.39, 0.29) is 33.0 Å². The monoisotopic (exact) mass is 562 g/mol. The van der Waals surface area contributed by atoms with Crippen LogP contribution in [0.25, 0.3) is 0 Å². The zero-order chi connectivity index (χ0) is 29.0. The minimum Gasteiger partial charge on any atom is -0.463 e. The van der Waals surface area contributed by atoms with Gasteiger partial charge < -0.3 is 47.4 Å². The SMILES string of the molecule is C#CCOCCOCCOCCOCCO[C@@H]1O[C@H](COC(C)=O)[C@H](OC(C)=O)[C@H](OC(C)=O)[C@H]1OC(C)=O. The smallest absolute Gasteiger partial charge is 0.303 e. The van der Waals surface area contributed by atoms with Crippen LogP contribution in [0.15, 0.2) is 0 Å². The van der Waals surface area contributed by atoms with Gasteiger partial charge in [0.2, 0.25) is 0 Å². The number of hydrogen-bond donors (Lipinski definition) is 0. The maximum absolute atomic E-state index is 11.8. The first-order valence-corrected chi connectivity index (χ1v) is 12.3. The summed E-state index contributed by atoms with van der Waals surface area (Å²) in [4.78, 5) is 46.7. The van der Waals surface area contributed by atoms with Crippen LogP contribution in [0.2, 0.25) is 0 Å². The molecule has 14 heteroatoms. The molecule has 1 fully saturated rings. The zero-order valence-electron chi connectivity index (χ0n) is 22.8. The number of ether oxygens (including phenoxy) is 10. The van der Waals surface area contributed by atoms with Gasteiger partial charge in [0.1, 0.15) is 19.3 Å². The van der Waals surface area contributed by atoms with E-state index in [1.165, 1.54) is 6.92 Å². The van der Waals surface area contributed by atoms with Gasteiger partial charge in [-0.05, 0) is 0 Å². The highest BCUT2D eigenvalue weighted by Crippen LogP contribution is 2.29. The lowest BCUT2D eigenvalue weighted by molar-refractivity contribution is -0.309. The topological polar surface area (TPSA) is 161 Å². The summed E-state index contributed by atoms with van der Waals surface area (Å²) in [7, 11) is 0. The van der Waals surface area contributed by atoms with Crippen molar-refractivity contribution in [2.75, 3.05) is 66.1 Å². The molecule has 1 heterocycles. The largest absolute Gasteiger partial charge is 0.463 e. The van der Waals surface area contributed by atoms with Gasteiger partial charge in [-0.1, -0.05) is 5.92 Å². The first kappa shape index (κ1) is 34.2. The highest BCUT2D eigenvalue weighted by molar-refractivity contribution is 5.68. The molecule has 1 aliphatic heterocycles. The maximum atomic E-state index is 11.8. The fourth-order valence-corrected chi connectivity index (χ4v) is 3.34. The third-order valence-electron chi connectivity index (χ3n) is 4.76. The van der Waals surface area contributed by atoms with E-state index in [9.17, 15) is 19.2 Å². The standard InChI is InChI=1S/C25H38O14/c1-6-7-30-8-9-31-10-11-32-12-13-33-14-15-34-25-24(38-20(5)29)23(37-19(4)28)22(36-18(3)27)21(39-25)16-35-17(2)26/h1,21-25H,7-16H2,2-5H3/t21-,22+,23+,24-,25-/m1/s1. The second-order valence-electron chi connectivity index (χ2n) is 8.03. The van der Waals surface area contributed by atoms with Crippen molar-refractivity contribution < 1.29 is 66.5 Å². The van der Waals surface area contributed by atoms with Crippen molar-refractivity contribution in [2.24, 2.45) is 0 Å². The highest BCUT2D eigenvalue weighted by atomic mass is 16.7. The molecule has 0 radical (unpaired) electrons. The van der Waals surface area contributed by atoms with E-state index in [1.807, 2.05) is 0 Å². The first-order chi connectivity index (χ1) is 18.6. The van der Waals surface area contributed by atoms with Gasteiger partial charge in [-0.3, -0.25) is 19.2 Å². The molecular formula is C25H38O14. The minimum atomic E-state index is -1.30. The van der Waals surface area contributed by atoms with Crippen LogP contribution < -0.4 is 0 Å². The fourth-order valence-electron chi connectivity index (χ4n) is 3.34. The van der Waals surface area contributed by atoms with Crippen LogP contribution in [0.3, 0.4) is 0 Å². The van der Waals surface area contributed by atoms with E-state index in [0.29, 0.717) is 33.0 Å². The van der Waals surface area contributed by atoms with Gasteiger partial charge >= 0.3 is 23.9 Å². The van der Waals surface area contributed by atoms with Gasteiger partial charge in [-0.2, -0.15) is 0 Å². The molecule has 0 aromatic rings. The third kappa shape index (κ3) is 15.4. The predicted octanol–water partition coefficient (Wildman–Crippen LogP) is -0.214. The first-order valence-electron chi connectivity index (χ1n) is 12.3. The Labute approximate surface area is 227 Å². The van der Waals surface area contributed by atoms with Gasteiger partial charge in [0, 0.05) is 27.7 Å². The molecule has 1 rings (SSSR count). The lowest BCUT2D eigenvalue weighted by atomic mass is 9.98. The van der Waals surface area contributed by atoms with Crippen molar-refractivity contribution in [2.45, 2.75) is 58.4 Å². The molecule has 0 saturated carbocycles. The third-order valence-corrected chi connectivity index (χ3v) is 4.76. The van der Waals surface area contributed by atoms with Crippen LogP contribution in [0, 0.1) is 12.3 Å². The van der Waals surface area contributed by atoms with Gasteiger partial charge in [0.25, 0.3) is 0 Å². The van der Waals surface area contributed by atoms with E-state index >= 15 is 0 Å². The normalized spacial score (nSPS) is 22.4. The molecule has 0 aromatic heterocycles. The molecule has 14 nitrogen and oxygen atoms in total. The van der Waals surface area contributed by atoms with E-state index < -0.39 is 54.6 Å². The van der Waals surface area contributed by atoms with E-state index in [4.69, 9.17) is 53.8 Å². The van der Waals surface area contributed by atoms with E-state index in [2.05, 4.69) is 5.92 Å². The van der Waals surface area contributed by atoms with Crippen LogP contribution in [0.1, 0.15) is 27.7 Å². The fraction of sp³-hybridized carbons (Fsp3) is 0.760. The Bertz CT molecular complexity index is 794. The number of carbonyl (C=O) groups excluding carboxylic acids is 4. The Kier molecular flexibility index (Phi) is 17.7. The Balaban J connectivity index is 2.61. The Morgan fingerprint density at radius 2 is 1.10 bits per heavy atom. The molecule has 5 atom stereocenters. The number of terminal acetylenes is 1. The van der Waals surface area contributed by atoms with Crippen LogP contribution in [-0.4, -0.2) is 121 Å². The summed E-state index contributed by atoms with van der Waals surface area (Å²) in [6.07, 6.45) is -1.10. The maximum Gasteiger partial charge on any atom is 0.303 e. The summed E-state index contributed by atoms with van der Waals surface area (Å²) in [6.45, 7) is 6.82. The summed E-state index contributed by atoms with van der Waals surface area (Å²) in [5.74, 6) is -0.413. The summed E-state index contributed by atoms with van der Waals surface area (Å²) in [6, 6.07) is 0. The second kappa shape index (κ2) is 20.2. The van der Waals surface area contributed by atoms with Crippen molar-refractivity contribution in [1.29, 1.82) is 0 Å². The Morgan fingerprint density at radius 3 is 1.59 bits per heavy atom. The van der Waals surface area contributed by atoms with E-state index in [0.717, 1.165) is 20.8 Å². The zero-order valence-corrected chi connectivity index (χ0v) is 22.8. The predicted molar refractivity (Wildman–Crippen MR) is 130 cm³/mol. The molecule has 0 bridgehead atoms.